The van der Waals surface area contributed by atoms with Crippen molar-refractivity contribution in [3.8, 4) is 0 Å². The zero-order valence-corrected chi connectivity index (χ0v) is 14.1. The molecule has 5 nitrogen and oxygen atoms in total. The van der Waals surface area contributed by atoms with Crippen molar-refractivity contribution in [2.45, 2.75) is 30.3 Å². The van der Waals surface area contributed by atoms with Gasteiger partial charge in [-0.1, -0.05) is 18.2 Å². The van der Waals surface area contributed by atoms with Crippen LogP contribution in [0.15, 0.2) is 47.6 Å². The molecule has 126 valence electrons. The molecule has 6 heteroatoms. The highest BCUT2D eigenvalue weighted by Gasteiger charge is 2.27. The first-order chi connectivity index (χ1) is 11.2. The molecule has 1 aromatic rings. The molecule has 1 atom stereocenters. The van der Waals surface area contributed by atoms with Gasteiger partial charge in [-0.05, 0) is 44.0 Å². The van der Waals surface area contributed by atoms with Gasteiger partial charge < -0.3 is 4.74 Å². The lowest BCUT2D eigenvalue weighted by molar-refractivity contribution is 0.0809. The average Bonchev–Trinajstić information content (AvgIpc) is 2.83. The Morgan fingerprint density at radius 3 is 2.65 bits per heavy atom. The summed E-state index contributed by atoms with van der Waals surface area (Å²) in [5, 5.41) is 0. The van der Waals surface area contributed by atoms with E-state index in [9.17, 15) is 8.42 Å². The van der Waals surface area contributed by atoms with Crippen LogP contribution in [-0.2, 0) is 14.8 Å². The van der Waals surface area contributed by atoms with Crippen molar-refractivity contribution in [3.05, 3.63) is 42.7 Å². The molecule has 0 aliphatic carbocycles. The van der Waals surface area contributed by atoms with Gasteiger partial charge in [0.05, 0.1) is 11.2 Å². The van der Waals surface area contributed by atoms with E-state index in [1.807, 2.05) is 12.1 Å². The average molecular weight is 336 g/mol. The summed E-state index contributed by atoms with van der Waals surface area (Å²) in [6.45, 7) is 3.68. The maximum atomic E-state index is 12.7. The number of allylic oxidation sites excluding steroid dienone is 1. The van der Waals surface area contributed by atoms with Crippen LogP contribution in [-0.4, -0.2) is 56.5 Å². The highest BCUT2D eigenvalue weighted by Crippen LogP contribution is 2.18. The molecule has 0 amide bonds. The zero-order valence-electron chi connectivity index (χ0n) is 13.3. The summed E-state index contributed by atoms with van der Waals surface area (Å²) < 4.78 is 32.7. The molecule has 2 aliphatic rings. The third-order valence-electron chi connectivity index (χ3n) is 4.41. The SMILES string of the molecule is O=S(=O)(c1ccccc1)N1CCCN(C[C@H]2CCC=CO2)CC1. The van der Waals surface area contributed by atoms with Crippen LogP contribution in [0.4, 0.5) is 0 Å². The normalized spacial score (nSPS) is 24.1. The van der Waals surface area contributed by atoms with Gasteiger partial charge in [-0.25, -0.2) is 8.42 Å². The molecule has 1 aromatic carbocycles. The second-order valence-electron chi connectivity index (χ2n) is 6.08. The molecule has 1 fully saturated rings. The van der Waals surface area contributed by atoms with Gasteiger partial charge in [-0.15, -0.1) is 0 Å². The number of rotatable bonds is 4. The van der Waals surface area contributed by atoms with Crippen LogP contribution < -0.4 is 0 Å². The van der Waals surface area contributed by atoms with Gasteiger partial charge in [0.25, 0.3) is 0 Å². The predicted molar refractivity (Wildman–Crippen MR) is 89.5 cm³/mol. The minimum absolute atomic E-state index is 0.234. The molecule has 3 rings (SSSR count). The van der Waals surface area contributed by atoms with Crippen molar-refractivity contribution in [2.75, 3.05) is 32.7 Å². The number of ether oxygens (including phenoxy) is 1. The summed E-state index contributed by atoms with van der Waals surface area (Å²) in [6.07, 6.45) is 7.03. The van der Waals surface area contributed by atoms with Crippen LogP contribution in [0.3, 0.4) is 0 Å². The summed E-state index contributed by atoms with van der Waals surface area (Å²) in [5.41, 5.74) is 0. The van der Waals surface area contributed by atoms with Crippen LogP contribution in [0.5, 0.6) is 0 Å². The Balaban J connectivity index is 1.61. The Kier molecular flexibility index (Phi) is 5.35. The summed E-state index contributed by atoms with van der Waals surface area (Å²) in [6, 6.07) is 8.71. The first-order valence-electron chi connectivity index (χ1n) is 8.24. The lowest BCUT2D eigenvalue weighted by atomic mass is 10.1. The Hall–Kier alpha value is -1.37. The lowest BCUT2D eigenvalue weighted by Crippen LogP contribution is -2.38. The van der Waals surface area contributed by atoms with Crippen LogP contribution in [0, 0.1) is 0 Å². The predicted octanol–water partition coefficient (Wildman–Crippen LogP) is 2.08. The Bertz CT molecular complexity index is 630. The van der Waals surface area contributed by atoms with E-state index in [4.69, 9.17) is 4.74 Å². The third kappa shape index (κ3) is 4.13. The summed E-state index contributed by atoms with van der Waals surface area (Å²) in [5.74, 6) is 0. The fraction of sp³-hybridized carbons (Fsp3) is 0.529. The van der Waals surface area contributed by atoms with Crippen molar-refractivity contribution in [2.24, 2.45) is 0 Å². The van der Waals surface area contributed by atoms with Crippen molar-refractivity contribution >= 4 is 10.0 Å². The van der Waals surface area contributed by atoms with Crippen molar-refractivity contribution < 1.29 is 13.2 Å². The van der Waals surface area contributed by atoms with E-state index in [1.165, 1.54) is 0 Å². The summed E-state index contributed by atoms with van der Waals surface area (Å²) in [7, 11) is -3.38. The number of hydrogen-bond acceptors (Lipinski definition) is 4. The molecule has 0 saturated carbocycles. The monoisotopic (exact) mass is 336 g/mol. The van der Waals surface area contributed by atoms with Gasteiger partial charge in [0, 0.05) is 26.2 Å². The summed E-state index contributed by atoms with van der Waals surface area (Å²) >= 11 is 0. The van der Waals surface area contributed by atoms with Gasteiger partial charge in [0.1, 0.15) is 6.10 Å². The molecule has 0 unspecified atom stereocenters. The van der Waals surface area contributed by atoms with Gasteiger partial charge >= 0.3 is 0 Å². The second kappa shape index (κ2) is 7.47. The van der Waals surface area contributed by atoms with Crippen molar-refractivity contribution in [1.29, 1.82) is 0 Å². The largest absolute Gasteiger partial charge is 0.497 e. The van der Waals surface area contributed by atoms with Crippen LogP contribution in [0.2, 0.25) is 0 Å². The fourth-order valence-electron chi connectivity index (χ4n) is 3.12. The van der Waals surface area contributed by atoms with Gasteiger partial charge in [-0.3, -0.25) is 4.90 Å². The maximum Gasteiger partial charge on any atom is 0.243 e. The molecule has 0 N–H and O–H groups in total. The minimum Gasteiger partial charge on any atom is -0.497 e. The number of benzene rings is 1. The molecule has 2 aliphatic heterocycles. The van der Waals surface area contributed by atoms with Gasteiger partial charge in [0.15, 0.2) is 0 Å². The Morgan fingerprint density at radius 1 is 1.09 bits per heavy atom. The van der Waals surface area contributed by atoms with Crippen molar-refractivity contribution in [3.63, 3.8) is 0 Å². The van der Waals surface area contributed by atoms with E-state index < -0.39 is 10.0 Å². The van der Waals surface area contributed by atoms with E-state index in [0.29, 0.717) is 18.0 Å². The smallest absolute Gasteiger partial charge is 0.243 e. The Morgan fingerprint density at radius 2 is 1.91 bits per heavy atom. The highest BCUT2D eigenvalue weighted by atomic mass is 32.2. The van der Waals surface area contributed by atoms with Crippen LogP contribution in [0.1, 0.15) is 19.3 Å². The standard InChI is InChI=1S/C17H24N2O3S/c20-23(21,17-8-2-1-3-9-17)19-11-6-10-18(12-13-19)15-16-7-4-5-14-22-16/h1-3,5,8-9,14,16H,4,6-7,10-13,15H2/t16-/m1/s1. The van der Waals surface area contributed by atoms with E-state index in [2.05, 4.69) is 4.90 Å². The summed E-state index contributed by atoms with van der Waals surface area (Å²) in [4.78, 5) is 2.71. The molecule has 0 bridgehead atoms. The highest BCUT2D eigenvalue weighted by molar-refractivity contribution is 7.89. The van der Waals surface area contributed by atoms with E-state index >= 15 is 0 Å². The van der Waals surface area contributed by atoms with E-state index in [-0.39, 0.29) is 6.10 Å². The van der Waals surface area contributed by atoms with Crippen LogP contribution in [0.25, 0.3) is 0 Å². The third-order valence-corrected chi connectivity index (χ3v) is 6.33. The molecule has 0 spiro atoms. The quantitative estimate of drug-likeness (QED) is 0.845. The van der Waals surface area contributed by atoms with Crippen LogP contribution >= 0.6 is 0 Å². The molecular weight excluding hydrogens is 312 g/mol. The number of hydrogen-bond donors (Lipinski definition) is 0. The van der Waals surface area contributed by atoms with Gasteiger partial charge in [0.2, 0.25) is 10.0 Å². The first kappa shape index (κ1) is 16.5. The molecular formula is C17H24N2O3S. The molecule has 2 heterocycles. The maximum absolute atomic E-state index is 12.7. The molecule has 1 saturated heterocycles. The van der Waals surface area contributed by atoms with E-state index in [0.717, 1.165) is 38.9 Å². The lowest BCUT2D eigenvalue weighted by Gasteiger charge is -2.27. The topological polar surface area (TPSA) is 49.9 Å². The number of sulfonamides is 1. The fourth-order valence-corrected chi connectivity index (χ4v) is 4.61. The zero-order chi connectivity index (χ0) is 16.1. The molecule has 0 aromatic heterocycles. The minimum atomic E-state index is -3.38. The second-order valence-corrected chi connectivity index (χ2v) is 8.02. The van der Waals surface area contributed by atoms with Gasteiger partial charge in [-0.2, -0.15) is 4.31 Å². The van der Waals surface area contributed by atoms with E-state index in [1.54, 1.807) is 34.8 Å². The molecule has 0 radical (unpaired) electrons. The van der Waals surface area contributed by atoms with Crippen molar-refractivity contribution in [1.82, 2.24) is 9.21 Å². The Labute approximate surface area is 138 Å². The first-order valence-corrected chi connectivity index (χ1v) is 9.68. The number of nitrogens with zero attached hydrogens (tertiary/aromatic N) is 2. The molecule has 23 heavy (non-hydrogen) atoms.